The molecule has 2 amide bonds. The topological polar surface area (TPSA) is 71.3 Å². The van der Waals surface area contributed by atoms with E-state index in [1.54, 1.807) is 36.6 Å². The summed E-state index contributed by atoms with van der Waals surface area (Å²) in [6.45, 7) is 0.406. The van der Waals surface area contributed by atoms with Crippen LogP contribution in [0, 0.1) is 11.8 Å². The Hall–Kier alpha value is -2.27. The van der Waals surface area contributed by atoms with Gasteiger partial charge in [0.15, 0.2) is 0 Å². The highest BCUT2D eigenvalue weighted by atomic mass is 35.5. The zero-order valence-electron chi connectivity index (χ0n) is 13.8. The quantitative estimate of drug-likeness (QED) is 0.846. The molecule has 1 heterocycles. The minimum absolute atomic E-state index is 0.0109. The standard InChI is InChI=1S/C19H21ClN2O3/c20-15-7-9-16(10-8-15)22-19(24)14-5-3-13(4-6-14)18(23)21-12-17-2-1-11-25-17/h1-2,7-11,13-14H,3-6,12H2,(H,21,23)(H,22,24). The van der Waals surface area contributed by atoms with Crippen molar-refractivity contribution in [3.63, 3.8) is 0 Å². The summed E-state index contributed by atoms with van der Waals surface area (Å²) in [7, 11) is 0. The highest BCUT2D eigenvalue weighted by molar-refractivity contribution is 6.30. The van der Waals surface area contributed by atoms with Crippen LogP contribution in [-0.4, -0.2) is 11.8 Å². The zero-order valence-corrected chi connectivity index (χ0v) is 14.6. The van der Waals surface area contributed by atoms with E-state index in [2.05, 4.69) is 10.6 Å². The summed E-state index contributed by atoms with van der Waals surface area (Å²) >= 11 is 5.84. The van der Waals surface area contributed by atoms with E-state index in [9.17, 15) is 9.59 Å². The Balaban J connectivity index is 1.43. The van der Waals surface area contributed by atoms with Crippen LogP contribution in [0.1, 0.15) is 31.4 Å². The van der Waals surface area contributed by atoms with Gasteiger partial charge >= 0.3 is 0 Å². The van der Waals surface area contributed by atoms with E-state index in [0.29, 0.717) is 11.6 Å². The largest absolute Gasteiger partial charge is 0.467 e. The number of amides is 2. The first-order valence-corrected chi connectivity index (χ1v) is 8.86. The smallest absolute Gasteiger partial charge is 0.227 e. The van der Waals surface area contributed by atoms with Gasteiger partial charge in [0.1, 0.15) is 5.76 Å². The van der Waals surface area contributed by atoms with Crippen molar-refractivity contribution in [3.05, 3.63) is 53.4 Å². The van der Waals surface area contributed by atoms with Crippen molar-refractivity contribution < 1.29 is 14.0 Å². The van der Waals surface area contributed by atoms with Gasteiger partial charge in [0, 0.05) is 22.5 Å². The van der Waals surface area contributed by atoms with Crippen LogP contribution >= 0.6 is 11.6 Å². The third-order valence-corrected chi connectivity index (χ3v) is 4.85. The number of hydrogen-bond acceptors (Lipinski definition) is 3. The molecule has 25 heavy (non-hydrogen) atoms. The normalized spacial score (nSPS) is 20.0. The summed E-state index contributed by atoms with van der Waals surface area (Å²) < 4.78 is 5.21. The van der Waals surface area contributed by atoms with Crippen molar-refractivity contribution >= 4 is 29.1 Å². The van der Waals surface area contributed by atoms with Gasteiger partial charge in [-0.1, -0.05) is 11.6 Å². The van der Waals surface area contributed by atoms with Crippen molar-refractivity contribution in [2.75, 3.05) is 5.32 Å². The van der Waals surface area contributed by atoms with Crippen LogP contribution in [0.25, 0.3) is 0 Å². The fourth-order valence-electron chi connectivity index (χ4n) is 3.13. The van der Waals surface area contributed by atoms with Gasteiger partial charge in [-0.15, -0.1) is 0 Å². The van der Waals surface area contributed by atoms with Gasteiger partial charge in [0.05, 0.1) is 12.8 Å². The van der Waals surface area contributed by atoms with Crippen molar-refractivity contribution in [1.29, 1.82) is 0 Å². The minimum atomic E-state index is -0.0511. The molecular weight excluding hydrogens is 340 g/mol. The molecule has 5 nitrogen and oxygen atoms in total. The maximum atomic E-state index is 12.4. The van der Waals surface area contributed by atoms with Crippen LogP contribution in [0.15, 0.2) is 47.1 Å². The highest BCUT2D eigenvalue weighted by Gasteiger charge is 2.29. The molecule has 1 aromatic carbocycles. The predicted octanol–water partition coefficient (Wildman–Crippen LogP) is 3.99. The van der Waals surface area contributed by atoms with Gasteiger partial charge in [-0.3, -0.25) is 9.59 Å². The number of furan rings is 1. The molecule has 2 N–H and O–H groups in total. The first-order valence-electron chi connectivity index (χ1n) is 8.48. The van der Waals surface area contributed by atoms with Crippen LogP contribution in [0.5, 0.6) is 0 Å². The van der Waals surface area contributed by atoms with E-state index in [1.807, 2.05) is 6.07 Å². The summed E-state index contributed by atoms with van der Waals surface area (Å²) in [4.78, 5) is 24.6. The molecule has 1 aliphatic rings. The number of rotatable bonds is 5. The number of halogens is 1. The zero-order chi connectivity index (χ0) is 17.6. The lowest BCUT2D eigenvalue weighted by Gasteiger charge is -2.27. The lowest BCUT2D eigenvalue weighted by molar-refractivity contribution is -0.128. The van der Waals surface area contributed by atoms with Gasteiger partial charge < -0.3 is 15.1 Å². The van der Waals surface area contributed by atoms with Crippen molar-refractivity contribution in [3.8, 4) is 0 Å². The van der Waals surface area contributed by atoms with E-state index in [1.165, 1.54) is 0 Å². The number of carbonyl (C=O) groups is 2. The third kappa shape index (κ3) is 4.86. The average Bonchev–Trinajstić information content (AvgIpc) is 3.15. The molecule has 2 aromatic rings. The lowest BCUT2D eigenvalue weighted by atomic mass is 9.81. The summed E-state index contributed by atoms with van der Waals surface area (Å²) in [6.07, 6.45) is 4.48. The first-order chi connectivity index (χ1) is 12.1. The van der Waals surface area contributed by atoms with Crippen LogP contribution in [0.4, 0.5) is 5.69 Å². The van der Waals surface area contributed by atoms with Crippen molar-refractivity contribution in [2.45, 2.75) is 32.2 Å². The monoisotopic (exact) mass is 360 g/mol. The van der Waals surface area contributed by atoms with Crippen LogP contribution < -0.4 is 10.6 Å². The first kappa shape index (κ1) is 17.5. The number of hydrogen-bond donors (Lipinski definition) is 2. The fourth-order valence-corrected chi connectivity index (χ4v) is 3.25. The Morgan fingerprint density at radius 2 is 1.64 bits per heavy atom. The summed E-state index contributed by atoms with van der Waals surface area (Å²) in [5, 5.41) is 6.45. The molecule has 0 aliphatic heterocycles. The molecule has 0 saturated heterocycles. The molecule has 1 saturated carbocycles. The van der Waals surface area contributed by atoms with Gasteiger partial charge in [0.25, 0.3) is 0 Å². The minimum Gasteiger partial charge on any atom is -0.467 e. The Morgan fingerprint density at radius 1 is 1.00 bits per heavy atom. The fraction of sp³-hybridized carbons (Fsp3) is 0.368. The Bertz CT molecular complexity index is 705. The molecule has 0 bridgehead atoms. The molecule has 132 valence electrons. The second kappa shape index (κ2) is 8.21. The molecule has 0 spiro atoms. The SMILES string of the molecule is O=C(NCc1ccco1)C1CCC(C(=O)Nc2ccc(Cl)cc2)CC1. The molecule has 1 aromatic heterocycles. The molecule has 1 aliphatic carbocycles. The molecule has 3 rings (SSSR count). The Morgan fingerprint density at radius 3 is 2.24 bits per heavy atom. The second-order valence-electron chi connectivity index (χ2n) is 6.34. The van der Waals surface area contributed by atoms with Gasteiger partial charge in [-0.2, -0.15) is 0 Å². The Labute approximate surface area is 151 Å². The van der Waals surface area contributed by atoms with E-state index in [0.717, 1.165) is 37.1 Å². The molecule has 1 fully saturated rings. The number of carbonyl (C=O) groups excluding carboxylic acids is 2. The number of anilines is 1. The van der Waals surface area contributed by atoms with Gasteiger partial charge in [-0.25, -0.2) is 0 Å². The van der Waals surface area contributed by atoms with Crippen molar-refractivity contribution in [1.82, 2.24) is 5.32 Å². The Kier molecular flexibility index (Phi) is 5.76. The maximum Gasteiger partial charge on any atom is 0.227 e. The van der Waals surface area contributed by atoms with E-state index < -0.39 is 0 Å². The van der Waals surface area contributed by atoms with E-state index >= 15 is 0 Å². The lowest BCUT2D eigenvalue weighted by Crippen LogP contribution is -2.35. The van der Waals surface area contributed by atoms with Crippen LogP contribution in [-0.2, 0) is 16.1 Å². The van der Waals surface area contributed by atoms with Gasteiger partial charge in [-0.05, 0) is 62.1 Å². The van der Waals surface area contributed by atoms with E-state index in [4.69, 9.17) is 16.0 Å². The molecular formula is C19H21ClN2O3. The molecule has 0 atom stereocenters. The summed E-state index contributed by atoms with van der Waals surface area (Å²) in [5.41, 5.74) is 0.743. The van der Waals surface area contributed by atoms with Crippen LogP contribution in [0.2, 0.25) is 5.02 Å². The van der Waals surface area contributed by atoms with Crippen LogP contribution in [0.3, 0.4) is 0 Å². The van der Waals surface area contributed by atoms with Gasteiger partial charge in [0.2, 0.25) is 11.8 Å². The predicted molar refractivity (Wildman–Crippen MR) is 96.1 cm³/mol. The maximum absolute atomic E-state index is 12.4. The molecule has 0 radical (unpaired) electrons. The average molecular weight is 361 g/mol. The van der Waals surface area contributed by atoms with E-state index in [-0.39, 0.29) is 23.7 Å². The third-order valence-electron chi connectivity index (χ3n) is 4.60. The molecule has 0 unspecified atom stereocenters. The highest BCUT2D eigenvalue weighted by Crippen LogP contribution is 2.30. The number of benzene rings is 1. The number of nitrogens with one attached hydrogen (secondary N) is 2. The molecule has 6 heteroatoms. The second-order valence-corrected chi connectivity index (χ2v) is 6.78. The van der Waals surface area contributed by atoms with Crippen molar-refractivity contribution in [2.24, 2.45) is 11.8 Å². The summed E-state index contributed by atoms with van der Waals surface area (Å²) in [6, 6.07) is 10.7. The summed E-state index contributed by atoms with van der Waals surface area (Å²) in [5.74, 6) is 0.702.